The summed E-state index contributed by atoms with van der Waals surface area (Å²) in [5.41, 5.74) is 5.07. The van der Waals surface area contributed by atoms with Gasteiger partial charge in [-0.3, -0.25) is 9.59 Å². The van der Waals surface area contributed by atoms with Gasteiger partial charge in [0.25, 0.3) is 11.8 Å². The molecule has 0 aliphatic rings. The minimum atomic E-state index is -0.620. The number of methoxy groups -OCH3 is 2. The van der Waals surface area contributed by atoms with Gasteiger partial charge in [0, 0.05) is 30.9 Å². The summed E-state index contributed by atoms with van der Waals surface area (Å²) in [4.78, 5) is 27.7. The van der Waals surface area contributed by atoms with E-state index in [2.05, 4.69) is 15.8 Å². The van der Waals surface area contributed by atoms with Crippen molar-refractivity contribution in [2.45, 2.75) is 0 Å². The number of carbonyl (C=O) groups excluding carboxylic acids is 2. The number of carbonyl (C=O) groups is 2. The molecule has 2 amide bonds. The molecule has 3 rings (SSSR count). The summed E-state index contributed by atoms with van der Waals surface area (Å²) in [6.07, 6.45) is 2.93. The van der Waals surface area contributed by atoms with Crippen molar-refractivity contribution in [2.75, 3.05) is 33.2 Å². The number of phenols is 1. The Morgan fingerprint density at radius 3 is 2.08 bits per heavy atom. The van der Waals surface area contributed by atoms with Crippen LogP contribution in [-0.4, -0.2) is 51.5 Å². The molecule has 3 N–H and O–H groups in total. The molecule has 0 spiro atoms. The summed E-state index contributed by atoms with van der Waals surface area (Å²) in [5, 5.41) is 16.7. The van der Waals surface area contributed by atoms with Crippen LogP contribution in [0, 0.1) is 0 Å². The standard InChI is InChI=1S/C27H28N4O5/c1-31(2)21-12-10-18(11-13-21)14-22(29-26(33)20-8-6-5-7-9-20)27(34)30-28-17-19-15-23(35-3)25(32)24(16-19)36-4/h5-17,32H,1-4H3,(H,29,33)(H,30,34)/b22-14+,28-17+. The van der Waals surface area contributed by atoms with Crippen LogP contribution in [0.1, 0.15) is 21.5 Å². The Kier molecular flexibility index (Phi) is 8.66. The SMILES string of the molecule is COc1cc(/C=N/NC(=O)/C(=C\c2ccc(N(C)C)cc2)NC(=O)c2ccccc2)cc(OC)c1O. The van der Waals surface area contributed by atoms with Crippen molar-refractivity contribution < 1.29 is 24.2 Å². The summed E-state index contributed by atoms with van der Waals surface area (Å²) in [6.45, 7) is 0. The van der Waals surface area contributed by atoms with Crippen molar-refractivity contribution in [3.63, 3.8) is 0 Å². The largest absolute Gasteiger partial charge is 0.502 e. The summed E-state index contributed by atoms with van der Waals surface area (Å²) in [7, 11) is 6.69. The molecular weight excluding hydrogens is 460 g/mol. The Labute approximate surface area is 209 Å². The first kappa shape index (κ1) is 25.8. The number of aromatic hydroxyl groups is 1. The van der Waals surface area contributed by atoms with Crippen LogP contribution in [0.4, 0.5) is 5.69 Å². The number of amides is 2. The molecule has 9 heteroatoms. The molecule has 0 bridgehead atoms. The molecule has 0 unspecified atom stereocenters. The number of hydrogen-bond donors (Lipinski definition) is 3. The molecule has 0 saturated carbocycles. The number of nitrogens with one attached hydrogen (secondary N) is 2. The van der Waals surface area contributed by atoms with Gasteiger partial charge in [0.1, 0.15) is 5.70 Å². The predicted molar refractivity (Wildman–Crippen MR) is 140 cm³/mol. The minimum absolute atomic E-state index is 0.0134. The van der Waals surface area contributed by atoms with E-state index in [0.717, 1.165) is 11.3 Å². The summed E-state index contributed by atoms with van der Waals surface area (Å²) < 4.78 is 10.3. The van der Waals surface area contributed by atoms with Crippen LogP contribution in [0.2, 0.25) is 0 Å². The van der Waals surface area contributed by atoms with Gasteiger partial charge in [-0.05, 0) is 48.0 Å². The van der Waals surface area contributed by atoms with E-state index in [0.29, 0.717) is 11.1 Å². The van der Waals surface area contributed by atoms with E-state index in [-0.39, 0.29) is 22.9 Å². The molecular formula is C27H28N4O5. The Bertz CT molecular complexity index is 1240. The van der Waals surface area contributed by atoms with Crippen LogP contribution in [0.15, 0.2) is 77.5 Å². The second-order valence-corrected chi connectivity index (χ2v) is 7.84. The maximum absolute atomic E-state index is 13.0. The van der Waals surface area contributed by atoms with Crippen molar-refractivity contribution >= 4 is 29.8 Å². The van der Waals surface area contributed by atoms with E-state index in [4.69, 9.17) is 9.47 Å². The van der Waals surface area contributed by atoms with Gasteiger partial charge in [0.2, 0.25) is 5.75 Å². The Hall–Kier alpha value is -4.79. The lowest BCUT2D eigenvalue weighted by Crippen LogP contribution is -2.32. The monoisotopic (exact) mass is 488 g/mol. The highest BCUT2D eigenvalue weighted by Gasteiger charge is 2.15. The number of hydrazone groups is 1. The summed E-state index contributed by atoms with van der Waals surface area (Å²) in [5.74, 6) is -0.808. The number of ether oxygens (including phenoxy) is 2. The van der Waals surface area contributed by atoms with Crippen molar-refractivity contribution in [1.29, 1.82) is 0 Å². The van der Waals surface area contributed by atoms with Gasteiger partial charge in [-0.15, -0.1) is 0 Å². The quantitative estimate of drug-likeness (QED) is 0.242. The van der Waals surface area contributed by atoms with E-state index >= 15 is 0 Å². The highest BCUT2D eigenvalue weighted by Crippen LogP contribution is 2.36. The average Bonchev–Trinajstić information content (AvgIpc) is 2.89. The third-order valence-corrected chi connectivity index (χ3v) is 5.13. The summed E-state index contributed by atoms with van der Waals surface area (Å²) >= 11 is 0. The van der Waals surface area contributed by atoms with Gasteiger partial charge < -0.3 is 24.8 Å². The number of benzene rings is 3. The highest BCUT2D eigenvalue weighted by atomic mass is 16.5. The number of phenolic OH excluding ortho intramolecular Hbond substituents is 1. The fraction of sp³-hybridized carbons (Fsp3) is 0.148. The van der Waals surface area contributed by atoms with Crippen LogP contribution in [0.5, 0.6) is 17.2 Å². The molecule has 0 aliphatic carbocycles. The second kappa shape index (κ2) is 12.1. The molecule has 0 radical (unpaired) electrons. The molecule has 0 aliphatic heterocycles. The Morgan fingerprint density at radius 2 is 1.53 bits per heavy atom. The molecule has 0 aromatic heterocycles. The van der Waals surface area contributed by atoms with E-state index < -0.39 is 11.8 Å². The fourth-order valence-electron chi connectivity index (χ4n) is 3.19. The van der Waals surface area contributed by atoms with E-state index in [1.807, 2.05) is 43.3 Å². The average molecular weight is 489 g/mol. The zero-order valence-corrected chi connectivity index (χ0v) is 20.5. The maximum Gasteiger partial charge on any atom is 0.287 e. The van der Waals surface area contributed by atoms with Crippen LogP contribution in [0.25, 0.3) is 6.08 Å². The van der Waals surface area contributed by atoms with Crippen molar-refractivity contribution in [3.05, 3.63) is 89.1 Å². The highest BCUT2D eigenvalue weighted by molar-refractivity contribution is 6.05. The number of rotatable bonds is 9. The first-order chi connectivity index (χ1) is 17.3. The number of hydrogen-bond acceptors (Lipinski definition) is 7. The van der Waals surface area contributed by atoms with Gasteiger partial charge in [-0.1, -0.05) is 30.3 Å². The van der Waals surface area contributed by atoms with E-state index in [1.54, 1.807) is 36.4 Å². The van der Waals surface area contributed by atoms with Gasteiger partial charge in [-0.25, -0.2) is 5.43 Å². The topological polar surface area (TPSA) is 112 Å². The summed E-state index contributed by atoms with van der Waals surface area (Å²) in [6, 6.07) is 19.2. The molecule has 36 heavy (non-hydrogen) atoms. The zero-order valence-electron chi connectivity index (χ0n) is 20.5. The molecule has 186 valence electrons. The van der Waals surface area contributed by atoms with Gasteiger partial charge in [-0.2, -0.15) is 5.10 Å². The first-order valence-electron chi connectivity index (χ1n) is 11.0. The minimum Gasteiger partial charge on any atom is -0.502 e. The lowest BCUT2D eigenvalue weighted by atomic mass is 10.1. The molecule has 9 nitrogen and oxygen atoms in total. The number of anilines is 1. The van der Waals surface area contributed by atoms with Crippen LogP contribution >= 0.6 is 0 Å². The number of nitrogens with zero attached hydrogens (tertiary/aromatic N) is 2. The molecule has 0 atom stereocenters. The van der Waals surface area contributed by atoms with Gasteiger partial charge >= 0.3 is 0 Å². The van der Waals surface area contributed by atoms with Crippen molar-refractivity contribution in [1.82, 2.24) is 10.7 Å². The van der Waals surface area contributed by atoms with Crippen LogP contribution in [0.3, 0.4) is 0 Å². The predicted octanol–water partition coefficient (Wildman–Crippen LogP) is 3.40. The van der Waals surface area contributed by atoms with Crippen LogP contribution < -0.4 is 25.1 Å². The van der Waals surface area contributed by atoms with E-state index in [1.165, 1.54) is 32.6 Å². The molecule has 3 aromatic carbocycles. The third-order valence-electron chi connectivity index (χ3n) is 5.13. The molecule has 0 heterocycles. The lowest BCUT2D eigenvalue weighted by molar-refractivity contribution is -0.117. The fourth-order valence-corrected chi connectivity index (χ4v) is 3.19. The third kappa shape index (κ3) is 6.63. The zero-order chi connectivity index (χ0) is 26.1. The van der Waals surface area contributed by atoms with Gasteiger partial charge in [0.15, 0.2) is 11.5 Å². The van der Waals surface area contributed by atoms with Gasteiger partial charge in [0.05, 0.1) is 20.4 Å². The maximum atomic E-state index is 13.0. The lowest BCUT2D eigenvalue weighted by Gasteiger charge is -2.13. The first-order valence-corrected chi connectivity index (χ1v) is 11.0. The molecule has 0 saturated heterocycles. The normalized spacial score (nSPS) is 11.2. The molecule has 0 fully saturated rings. The van der Waals surface area contributed by atoms with Crippen molar-refractivity contribution in [2.24, 2.45) is 5.10 Å². The second-order valence-electron chi connectivity index (χ2n) is 7.84. The van der Waals surface area contributed by atoms with E-state index in [9.17, 15) is 14.7 Å². The van der Waals surface area contributed by atoms with Crippen LogP contribution in [-0.2, 0) is 4.79 Å². The molecule has 3 aromatic rings. The van der Waals surface area contributed by atoms with Crippen molar-refractivity contribution in [3.8, 4) is 17.2 Å². The smallest absolute Gasteiger partial charge is 0.287 e. The Balaban J connectivity index is 1.84. The Morgan fingerprint density at radius 1 is 0.917 bits per heavy atom.